The van der Waals surface area contributed by atoms with Gasteiger partial charge in [0.15, 0.2) is 0 Å². The van der Waals surface area contributed by atoms with Crippen LogP contribution in [0.25, 0.3) is 0 Å². The molecule has 17 heavy (non-hydrogen) atoms. The fraction of sp³-hybridized carbons (Fsp3) is 0.727. The second kappa shape index (κ2) is 10.7. The zero-order chi connectivity index (χ0) is 12.9. The maximum atomic E-state index is 11.2. The molecule has 6 nitrogen and oxygen atoms in total. The number of aliphatic imine (C=N–C) groups is 2. The van der Waals surface area contributed by atoms with Gasteiger partial charge in [-0.3, -0.25) is 4.79 Å². The first kappa shape index (κ1) is 15.2. The molecule has 0 spiro atoms. The Morgan fingerprint density at radius 2 is 2.12 bits per heavy atom. The highest BCUT2D eigenvalue weighted by molar-refractivity contribution is 5.69. The molecule has 0 saturated heterocycles. The summed E-state index contributed by atoms with van der Waals surface area (Å²) < 4.78 is 4.93. The van der Waals surface area contributed by atoms with Gasteiger partial charge in [-0.15, -0.1) is 0 Å². The van der Waals surface area contributed by atoms with Crippen molar-refractivity contribution >= 4 is 18.1 Å². The minimum Gasteiger partial charge on any atom is -0.466 e. The van der Waals surface area contributed by atoms with Gasteiger partial charge in [0.2, 0.25) is 12.2 Å². The molecule has 0 fully saturated rings. The first-order valence-electron chi connectivity index (χ1n) is 5.50. The zero-order valence-electron chi connectivity index (χ0n) is 9.85. The third-order valence-corrected chi connectivity index (χ3v) is 2.04. The van der Waals surface area contributed by atoms with Crippen molar-refractivity contribution in [3.05, 3.63) is 0 Å². The van der Waals surface area contributed by atoms with Crippen LogP contribution in [-0.2, 0) is 19.1 Å². The minimum atomic E-state index is -0.507. The van der Waals surface area contributed by atoms with Crippen molar-refractivity contribution < 1.29 is 19.1 Å². The molecule has 0 rings (SSSR count). The topological polar surface area (TPSA) is 85.2 Å². The van der Waals surface area contributed by atoms with Crippen molar-refractivity contribution in [1.29, 1.82) is 0 Å². The fourth-order valence-electron chi connectivity index (χ4n) is 1.10. The first-order valence-corrected chi connectivity index (χ1v) is 5.50. The number of unbranched alkanes of at least 4 members (excludes halogenated alkanes) is 1. The third kappa shape index (κ3) is 9.18. The summed E-state index contributed by atoms with van der Waals surface area (Å²) in [6, 6.07) is -0.507. The molecule has 0 aliphatic heterocycles. The molecule has 0 aliphatic carbocycles. The van der Waals surface area contributed by atoms with Crippen LogP contribution >= 0.6 is 0 Å². The lowest BCUT2D eigenvalue weighted by Gasteiger charge is -2.07. The van der Waals surface area contributed by atoms with Crippen molar-refractivity contribution in [1.82, 2.24) is 0 Å². The maximum Gasteiger partial charge on any atom is 0.305 e. The SMILES string of the molecule is CCCCOC(=O)CCC(CN=C=O)N=C=O. The molecule has 0 amide bonds. The lowest BCUT2D eigenvalue weighted by Crippen LogP contribution is -2.13. The number of hydrogen-bond acceptors (Lipinski definition) is 6. The molecule has 0 heterocycles. The lowest BCUT2D eigenvalue weighted by atomic mass is 10.1. The molecule has 0 radical (unpaired) electrons. The van der Waals surface area contributed by atoms with Gasteiger partial charge in [0.25, 0.3) is 0 Å². The number of isocyanates is 2. The van der Waals surface area contributed by atoms with Gasteiger partial charge in [-0.25, -0.2) is 19.6 Å². The highest BCUT2D eigenvalue weighted by Gasteiger charge is 2.10. The van der Waals surface area contributed by atoms with E-state index in [4.69, 9.17) is 4.74 Å². The predicted octanol–water partition coefficient (Wildman–Crippen LogP) is 1.15. The molecule has 1 unspecified atom stereocenters. The van der Waals surface area contributed by atoms with Crippen LogP contribution in [0.4, 0.5) is 0 Å². The third-order valence-electron chi connectivity index (χ3n) is 2.04. The summed E-state index contributed by atoms with van der Waals surface area (Å²) in [4.78, 5) is 38.0. The predicted molar refractivity (Wildman–Crippen MR) is 60.0 cm³/mol. The van der Waals surface area contributed by atoms with Crippen LogP contribution in [0.5, 0.6) is 0 Å². The second-order valence-corrected chi connectivity index (χ2v) is 3.42. The van der Waals surface area contributed by atoms with Crippen molar-refractivity contribution in [3.63, 3.8) is 0 Å². The van der Waals surface area contributed by atoms with Crippen molar-refractivity contribution in [2.45, 2.75) is 38.6 Å². The summed E-state index contributed by atoms with van der Waals surface area (Å²) in [5.74, 6) is -0.334. The van der Waals surface area contributed by atoms with Crippen LogP contribution < -0.4 is 0 Å². The van der Waals surface area contributed by atoms with Gasteiger partial charge in [0.05, 0.1) is 19.2 Å². The highest BCUT2D eigenvalue weighted by Crippen LogP contribution is 2.04. The molecule has 0 aromatic rings. The second-order valence-electron chi connectivity index (χ2n) is 3.42. The molecule has 0 bridgehead atoms. The monoisotopic (exact) mass is 240 g/mol. The van der Waals surface area contributed by atoms with Crippen LogP contribution in [0.15, 0.2) is 9.98 Å². The molecule has 0 saturated carbocycles. The Morgan fingerprint density at radius 3 is 2.71 bits per heavy atom. The van der Waals surface area contributed by atoms with E-state index in [1.165, 1.54) is 12.2 Å². The number of ether oxygens (including phenoxy) is 1. The van der Waals surface area contributed by atoms with Crippen molar-refractivity contribution in [2.75, 3.05) is 13.2 Å². The van der Waals surface area contributed by atoms with Gasteiger partial charge in [-0.2, -0.15) is 0 Å². The van der Waals surface area contributed by atoms with E-state index >= 15 is 0 Å². The number of hydrogen-bond donors (Lipinski definition) is 0. The van der Waals surface area contributed by atoms with Gasteiger partial charge in [0, 0.05) is 6.42 Å². The van der Waals surface area contributed by atoms with Crippen LogP contribution in [0.3, 0.4) is 0 Å². The molecule has 0 aliphatic rings. The minimum absolute atomic E-state index is 0.0426. The van der Waals surface area contributed by atoms with E-state index in [2.05, 4.69) is 9.98 Å². The number of carbonyl (C=O) groups excluding carboxylic acids is 3. The Kier molecular flexibility index (Phi) is 9.62. The van der Waals surface area contributed by atoms with Crippen LogP contribution in [0.1, 0.15) is 32.6 Å². The molecule has 0 N–H and O–H groups in total. The summed E-state index contributed by atoms with van der Waals surface area (Å²) >= 11 is 0. The summed E-state index contributed by atoms with van der Waals surface area (Å²) in [6.45, 7) is 2.45. The molecule has 94 valence electrons. The summed E-state index contributed by atoms with van der Waals surface area (Å²) in [5.41, 5.74) is 0. The fourth-order valence-corrected chi connectivity index (χ4v) is 1.10. The number of carbonyl (C=O) groups is 1. The Morgan fingerprint density at radius 1 is 1.35 bits per heavy atom. The van der Waals surface area contributed by atoms with E-state index in [-0.39, 0.29) is 18.9 Å². The van der Waals surface area contributed by atoms with Gasteiger partial charge in [-0.1, -0.05) is 13.3 Å². The first-order chi connectivity index (χ1) is 8.24. The maximum absolute atomic E-state index is 11.2. The van der Waals surface area contributed by atoms with Crippen molar-refractivity contribution in [2.24, 2.45) is 9.98 Å². The Balaban J connectivity index is 3.90. The van der Waals surface area contributed by atoms with Crippen LogP contribution in [0.2, 0.25) is 0 Å². The summed E-state index contributed by atoms with van der Waals surface area (Å²) in [5, 5.41) is 0. The molecule has 0 aromatic heterocycles. The number of esters is 1. The van der Waals surface area contributed by atoms with E-state index < -0.39 is 6.04 Å². The van der Waals surface area contributed by atoms with E-state index in [1.807, 2.05) is 6.92 Å². The van der Waals surface area contributed by atoms with Gasteiger partial charge < -0.3 is 4.74 Å². The van der Waals surface area contributed by atoms with E-state index in [1.54, 1.807) is 0 Å². The standard InChI is InChI=1S/C11H16N2O4/c1-2-3-6-17-11(16)5-4-10(13-9-15)7-12-8-14/h10H,2-7H2,1H3. The summed E-state index contributed by atoms with van der Waals surface area (Å²) in [6.07, 6.45) is 4.99. The highest BCUT2D eigenvalue weighted by atomic mass is 16.5. The Bertz CT molecular complexity index is 317. The largest absolute Gasteiger partial charge is 0.466 e. The smallest absolute Gasteiger partial charge is 0.305 e. The van der Waals surface area contributed by atoms with Crippen molar-refractivity contribution in [3.8, 4) is 0 Å². The van der Waals surface area contributed by atoms with Gasteiger partial charge in [0.1, 0.15) is 0 Å². The van der Waals surface area contributed by atoms with Gasteiger partial charge in [-0.05, 0) is 12.8 Å². The van der Waals surface area contributed by atoms with Gasteiger partial charge >= 0.3 is 5.97 Å². The molecule has 1 atom stereocenters. The van der Waals surface area contributed by atoms with E-state index in [9.17, 15) is 14.4 Å². The Labute approximate surface area is 99.8 Å². The average Bonchev–Trinajstić information content (AvgIpc) is 2.33. The van der Waals surface area contributed by atoms with E-state index in [0.717, 1.165) is 12.8 Å². The normalized spacial score (nSPS) is 10.9. The molecule has 6 heteroatoms. The van der Waals surface area contributed by atoms with Crippen LogP contribution in [-0.4, -0.2) is 37.3 Å². The number of nitrogens with zero attached hydrogens (tertiary/aromatic N) is 2. The summed E-state index contributed by atoms with van der Waals surface area (Å²) in [7, 11) is 0. The average molecular weight is 240 g/mol. The molecule has 0 aromatic carbocycles. The Hall–Kier alpha value is -1.77. The zero-order valence-corrected chi connectivity index (χ0v) is 9.85. The number of rotatable bonds is 9. The molecular formula is C11H16N2O4. The molecular weight excluding hydrogens is 224 g/mol. The van der Waals surface area contributed by atoms with Crippen LogP contribution in [0, 0.1) is 0 Å². The van der Waals surface area contributed by atoms with E-state index in [0.29, 0.717) is 13.0 Å². The lowest BCUT2D eigenvalue weighted by molar-refractivity contribution is -0.143. The quantitative estimate of drug-likeness (QED) is 0.262.